The summed E-state index contributed by atoms with van der Waals surface area (Å²) in [5, 5.41) is 1.05. The Morgan fingerprint density at radius 1 is 0.667 bits per heavy atom. The fraction of sp³-hybridized carbons (Fsp3) is 0.444. The largest absolute Gasteiger partial charge is 0.394 e. The molecule has 6 heteroatoms. The molecule has 0 aromatic carbocycles. The van der Waals surface area contributed by atoms with Gasteiger partial charge in [0.2, 0.25) is 0 Å². The van der Waals surface area contributed by atoms with Crippen molar-refractivity contribution < 1.29 is 8.85 Å². The third-order valence-corrected chi connectivity index (χ3v) is 7.68. The molecule has 0 aliphatic heterocycles. The molecule has 0 saturated carbocycles. The quantitative estimate of drug-likeness (QED) is 0.445. The van der Waals surface area contributed by atoms with E-state index in [0.29, 0.717) is 13.2 Å². The topological polar surface area (TPSA) is 57.1 Å². The van der Waals surface area contributed by atoms with Gasteiger partial charge < -0.3 is 8.85 Å². The van der Waals surface area contributed by atoms with E-state index in [0.717, 1.165) is 28.0 Å². The first-order valence-electron chi connectivity index (χ1n) is 11.7. The highest BCUT2D eigenvalue weighted by molar-refractivity contribution is 6.61. The van der Waals surface area contributed by atoms with Crippen LogP contribution in [0.1, 0.15) is 66.5 Å². The average molecular weight is 464 g/mol. The molecular weight excluding hydrogens is 426 g/mol. The maximum absolute atomic E-state index is 6.05. The smallest absolute Gasteiger partial charge is 0.356 e. The molecule has 0 fully saturated rings. The number of aromatic nitrogens is 3. The Balaban J connectivity index is 2.20. The van der Waals surface area contributed by atoms with Gasteiger partial charge >= 0.3 is 9.28 Å². The standard InChI is InChI=1S/C27H37N3O2Si/c1-9-31-33(32-10-2)21-17-24(22-15-19(11-13-28-22)26(3,4)5)30-25(18-21)23-16-20(12-14-29-23)27(6,7)8/h11-18,33H,9-10H2,1-8H3. The van der Waals surface area contributed by atoms with Gasteiger partial charge in [0.25, 0.3) is 0 Å². The maximum Gasteiger partial charge on any atom is 0.356 e. The number of rotatable bonds is 7. The highest BCUT2D eigenvalue weighted by Crippen LogP contribution is 2.28. The van der Waals surface area contributed by atoms with Crippen molar-refractivity contribution in [3.05, 3.63) is 59.9 Å². The fourth-order valence-corrected chi connectivity index (χ4v) is 5.24. The summed E-state index contributed by atoms with van der Waals surface area (Å²) in [6, 6.07) is 12.6. The van der Waals surface area contributed by atoms with Crippen molar-refractivity contribution in [2.45, 2.75) is 66.2 Å². The van der Waals surface area contributed by atoms with Gasteiger partial charge in [-0.2, -0.15) is 0 Å². The second kappa shape index (κ2) is 10.2. The lowest BCUT2D eigenvalue weighted by Crippen LogP contribution is -2.37. The minimum Gasteiger partial charge on any atom is -0.394 e. The zero-order chi connectivity index (χ0) is 24.2. The SMILES string of the molecule is CCO[SiH](OCC)c1cc(-c2cc(C(C)(C)C)ccn2)nc(-c2cc(C(C)(C)C)ccn2)c1. The van der Waals surface area contributed by atoms with Crippen molar-refractivity contribution >= 4 is 14.5 Å². The van der Waals surface area contributed by atoms with Crippen LogP contribution in [0.3, 0.4) is 0 Å². The minimum absolute atomic E-state index is 0.0225. The molecule has 33 heavy (non-hydrogen) atoms. The van der Waals surface area contributed by atoms with Gasteiger partial charge in [0, 0.05) is 25.6 Å². The zero-order valence-corrected chi connectivity index (χ0v) is 22.4. The van der Waals surface area contributed by atoms with Crippen LogP contribution in [0.5, 0.6) is 0 Å². The molecule has 3 rings (SSSR count). The Hall–Kier alpha value is -2.41. The second-order valence-corrected chi connectivity index (χ2v) is 12.3. The first kappa shape index (κ1) is 25.2. The molecule has 0 spiro atoms. The summed E-state index contributed by atoms with van der Waals surface area (Å²) < 4.78 is 12.1. The molecule has 0 N–H and O–H groups in total. The van der Waals surface area contributed by atoms with Crippen LogP contribution in [0, 0.1) is 0 Å². The first-order chi connectivity index (χ1) is 15.5. The lowest BCUT2D eigenvalue weighted by Gasteiger charge is -2.21. The summed E-state index contributed by atoms with van der Waals surface area (Å²) in [4.78, 5) is 14.3. The first-order valence-corrected chi connectivity index (χ1v) is 13.2. The predicted molar refractivity (Wildman–Crippen MR) is 138 cm³/mol. The molecule has 0 saturated heterocycles. The summed E-state index contributed by atoms with van der Waals surface area (Å²) >= 11 is 0. The van der Waals surface area contributed by atoms with E-state index in [-0.39, 0.29) is 10.8 Å². The Bertz CT molecular complexity index is 1010. The van der Waals surface area contributed by atoms with Crippen LogP contribution >= 0.6 is 0 Å². The van der Waals surface area contributed by atoms with E-state index in [1.807, 2.05) is 26.2 Å². The molecule has 0 aliphatic rings. The third-order valence-electron chi connectivity index (χ3n) is 5.53. The van der Waals surface area contributed by atoms with Gasteiger partial charge in [-0.15, -0.1) is 0 Å². The van der Waals surface area contributed by atoms with Crippen molar-refractivity contribution in [1.82, 2.24) is 15.0 Å². The Kier molecular flexibility index (Phi) is 7.83. The highest BCUT2D eigenvalue weighted by atomic mass is 28.3. The molecule has 0 radical (unpaired) electrons. The van der Waals surface area contributed by atoms with Gasteiger partial charge in [-0.05, 0) is 77.4 Å². The maximum atomic E-state index is 6.05. The van der Waals surface area contributed by atoms with Crippen LogP contribution in [0.2, 0.25) is 0 Å². The van der Waals surface area contributed by atoms with Crippen molar-refractivity contribution in [2.24, 2.45) is 0 Å². The van der Waals surface area contributed by atoms with Gasteiger partial charge in [-0.1, -0.05) is 41.5 Å². The molecule has 0 amide bonds. The van der Waals surface area contributed by atoms with Gasteiger partial charge in [-0.3, -0.25) is 9.97 Å². The average Bonchev–Trinajstić information content (AvgIpc) is 2.78. The Labute approximate surface area is 200 Å². The van der Waals surface area contributed by atoms with Gasteiger partial charge in [0.15, 0.2) is 0 Å². The molecule has 3 heterocycles. The number of hydrogen-bond acceptors (Lipinski definition) is 5. The van der Waals surface area contributed by atoms with E-state index in [2.05, 4.69) is 87.9 Å². The molecular formula is C27H37N3O2Si. The molecule has 0 unspecified atom stereocenters. The molecule has 3 aromatic heterocycles. The Morgan fingerprint density at radius 2 is 1.09 bits per heavy atom. The fourth-order valence-electron chi connectivity index (χ4n) is 3.57. The molecule has 0 atom stereocenters. The normalized spacial score (nSPS) is 12.4. The highest BCUT2D eigenvalue weighted by Gasteiger charge is 2.22. The summed E-state index contributed by atoms with van der Waals surface area (Å²) in [5.41, 5.74) is 5.80. The van der Waals surface area contributed by atoms with E-state index in [4.69, 9.17) is 13.8 Å². The van der Waals surface area contributed by atoms with Gasteiger partial charge in [-0.25, -0.2) is 4.98 Å². The summed E-state index contributed by atoms with van der Waals surface area (Å²) in [6.45, 7) is 18.5. The lowest BCUT2D eigenvalue weighted by atomic mass is 9.87. The van der Waals surface area contributed by atoms with E-state index in [9.17, 15) is 0 Å². The summed E-state index contributed by atoms with van der Waals surface area (Å²) in [5.74, 6) is 0. The van der Waals surface area contributed by atoms with Crippen LogP contribution in [-0.2, 0) is 19.7 Å². The van der Waals surface area contributed by atoms with Crippen molar-refractivity contribution in [2.75, 3.05) is 13.2 Å². The Morgan fingerprint density at radius 3 is 1.45 bits per heavy atom. The van der Waals surface area contributed by atoms with Crippen LogP contribution < -0.4 is 5.19 Å². The number of nitrogens with zero attached hydrogens (tertiary/aromatic N) is 3. The lowest BCUT2D eigenvalue weighted by molar-refractivity contribution is 0.225. The van der Waals surface area contributed by atoms with Crippen molar-refractivity contribution in [3.8, 4) is 22.8 Å². The minimum atomic E-state index is -2.08. The second-order valence-electron chi connectivity index (χ2n) is 10.3. The summed E-state index contributed by atoms with van der Waals surface area (Å²) in [7, 11) is -2.08. The van der Waals surface area contributed by atoms with Crippen LogP contribution in [0.4, 0.5) is 0 Å². The van der Waals surface area contributed by atoms with Crippen molar-refractivity contribution in [3.63, 3.8) is 0 Å². The zero-order valence-electron chi connectivity index (χ0n) is 21.3. The molecule has 0 aliphatic carbocycles. The van der Waals surface area contributed by atoms with E-state index >= 15 is 0 Å². The monoisotopic (exact) mass is 463 g/mol. The van der Waals surface area contributed by atoms with Gasteiger partial charge in [0.05, 0.1) is 22.8 Å². The van der Waals surface area contributed by atoms with E-state index in [1.54, 1.807) is 0 Å². The van der Waals surface area contributed by atoms with E-state index in [1.165, 1.54) is 11.1 Å². The van der Waals surface area contributed by atoms with Crippen LogP contribution in [0.15, 0.2) is 48.8 Å². The van der Waals surface area contributed by atoms with E-state index < -0.39 is 9.28 Å². The third kappa shape index (κ3) is 6.34. The number of hydrogen-bond donors (Lipinski definition) is 0. The molecule has 0 bridgehead atoms. The van der Waals surface area contributed by atoms with Crippen molar-refractivity contribution in [1.29, 1.82) is 0 Å². The molecule has 3 aromatic rings. The predicted octanol–water partition coefficient (Wildman–Crippen LogP) is 5.30. The van der Waals surface area contributed by atoms with Gasteiger partial charge in [0.1, 0.15) is 0 Å². The number of pyridine rings is 3. The molecule has 5 nitrogen and oxygen atoms in total. The summed E-state index contributed by atoms with van der Waals surface area (Å²) in [6.07, 6.45) is 3.73. The van der Waals surface area contributed by atoms with Crippen LogP contribution in [0.25, 0.3) is 22.8 Å². The molecule has 176 valence electrons. The van der Waals surface area contributed by atoms with Crippen LogP contribution in [-0.4, -0.2) is 37.4 Å².